The van der Waals surface area contributed by atoms with Gasteiger partial charge in [-0.3, -0.25) is 0 Å². The molecule has 19 heavy (non-hydrogen) atoms. The van der Waals surface area contributed by atoms with Crippen molar-refractivity contribution >= 4 is 28.7 Å². The van der Waals surface area contributed by atoms with Crippen LogP contribution >= 0.6 is 22.6 Å². The number of carbonyl (C=O) groups is 1. The van der Waals surface area contributed by atoms with Crippen molar-refractivity contribution in [2.45, 2.75) is 38.2 Å². The first-order valence-corrected chi connectivity index (χ1v) is 7.30. The summed E-state index contributed by atoms with van der Waals surface area (Å²) in [5, 5.41) is 9.04. The van der Waals surface area contributed by atoms with Gasteiger partial charge in [-0.1, -0.05) is 18.2 Å². The van der Waals surface area contributed by atoms with Crippen LogP contribution in [-0.2, 0) is 4.74 Å². The van der Waals surface area contributed by atoms with E-state index in [0.29, 0.717) is 6.42 Å². The van der Waals surface area contributed by atoms with Crippen LogP contribution in [0.1, 0.15) is 38.2 Å². The van der Waals surface area contributed by atoms with Crippen molar-refractivity contribution in [1.82, 2.24) is 0 Å². The summed E-state index contributed by atoms with van der Waals surface area (Å²) in [7, 11) is 0. The molecule has 1 rings (SSSR count). The van der Waals surface area contributed by atoms with Gasteiger partial charge in [-0.2, -0.15) is 0 Å². The normalized spacial score (nSPS) is 13.1. The third kappa shape index (κ3) is 4.65. The molecule has 0 radical (unpaired) electrons. The van der Waals surface area contributed by atoms with Gasteiger partial charge in [0.05, 0.1) is 0 Å². The van der Waals surface area contributed by atoms with Gasteiger partial charge >= 0.3 is 6.09 Å². The Morgan fingerprint density at radius 2 is 2.11 bits per heavy atom. The maximum Gasteiger partial charge on any atom is 0.405 e. The molecule has 0 aliphatic carbocycles. The molecule has 0 aromatic heterocycles. The number of aliphatic hydroxyl groups excluding tert-OH is 1. The Morgan fingerprint density at radius 1 is 1.47 bits per heavy atom. The zero-order chi connectivity index (χ0) is 14.5. The van der Waals surface area contributed by atoms with E-state index in [9.17, 15) is 4.79 Å². The Hall–Kier alpha value is -0.820. The van der Waals surface area contributed by atoms with E-state index in [2.05, 4.69) is 22.6 Å². The third-order valence-electron chi connectivity index (χ3n) is 3.13. The third-order valence-corrected chi connectivity index (χ3v) is 4.12. The molecular weight excluding hydrogens is 357 g/mol. The molecule has 1 amide bonds. The average molecular weight is 377 g/mol. The highest BCUT2D eigenvalue weighted by atomic mass is 127. The summed E-state index contributed by atoms with van der Waals surface area (Å²) < 4.78 is 6.38. The van der Waals surface area contributed by atoms with Crippen molar-refractivity contribution in [3.05, 3.63) is 33.4 Å². The monoisotopic (exact) mass is 377 g/mol. The van der Waals surface area contributed by atoms with Gasteiger partial charge in [-0.05, 0) is 60.9 Å². The Labute approximate surface area is 127 Å². The smallest absolute Gasteiger partial charge is 0.405 e. The van der Waals surface area contributed by atoms with Crippen molar-refractivity contribution in [2.24, 2.45) is 5.73 Å². The van der Waals surface area contributed by atoms with E-state index in [-0.39, 0.29) is 12.5 Å². The van der Waals surface area contributed by atoms with Crippen LogP contribution in [0.2, 0.25) is 0 Å². The fraction of sp³-hybridized carbons (Fsp3) is 0.500. The van der Waals surface area contributed by atoms with E-state index in [0.717, 1.165) is 15.6 Å². The number of hydrogen-bond donors (Lipinski definition) is 2. The number of ether oxygens (including phenoxy) is 1. The Kier molecular flexibility index (Phi) is 6.06. The molecule has 0 fully saturated rings. The number of amides is 1. The number of rotatable bonds is 6. The molecule has 106 valence electrons. The van der Waals surface area contributed by atoms with Gasteiger partial charge in [0.25, 0.3) is 0 Å². The first-order valence-electron chi connectivity index (χ1n) is 6.22. The molecule has 0 aliphatic heterocycles. The van der Waals surface area contributed by atoms with E-state index in [4.69, 9.17) is 15.6 Å². The fourth-order valence-corrected chi connectivity index (χ4v) is 3.02. The van der Waals surface area contributed by atoms with E-state index in [1.807, 2.05) is 38.1 Å². The van der Waals surface area contributed by atoms with E-state index in [1.165, 1.54) is 0 Å². The average Bonchev–Trinajstić information content (AvgIpc) is 2.29. The lowest BCUT2D eigenvalue weighted by atomic mass is 9.81. The van der Waals surface area contributed by atoms with Crippen LogP contribution < -0.4 is 5.73 Å². The largest absolute Gasteiger partial charge is 0.443 e. The van der Waals surface area contributed by atoms with Crippen LogP contribution in [0.25, 0.3) is 0 Å². The van der Waals surface area contributed by atoms with Crippen LogP contribution in [0.4, 0.5) is 4.79 Å². The summed E-state index contributed by atoms with van der Waals surface area (Å²) in [6.07, 6.45) is 0.614. The van der Waals surface area contributed by atoms with Crippen molar-refractivity contribution in [3.63, 3.8) is 0 Å². The molecule has 4 nitrogen and oxygen atoms in total. The highest BCUT2D eigenvalue weighted by molar-refractivity contribution is 14.1. The van der Waals surface area contributed by atoms with Crippen molar-refractivity contribution in [3.8, 4) is 0 Å². The number of hydrogen-bond acceptors (Lipinski definition) is 3. The molecule has 0 spiro atoms. The van der Waals surface area contributed by atoms with Crippen LogP contribution in [-0.4, -0.2) is 23.4 Å². The second-order valence-electron chi connectivity index (χ2n) is 4.96. The lowest BCUT2D eigenvalue weighted by molar-refractivity contribution is 0.0197. The summed E-state index contributed by atoms with van der Waals surface area (Å²) in [6.45, 7) is 3.82. The molecule has 0 bridgehead atoms. The Morgan fingerprint density at radius 3 is 2.63 bits per heavy atom. The first-order chi connectivity index (χ1) is 8.88. The number of carbonyl (C=O) groups excluding carboxylic acids is 1. The second kappa shape index (κ2) is 7.09. The molecule has 0 aliphatic rings. The number of benzene rings is 1. The molecule has 1 aromatic rings. The van der Waals surface area contributed by atoms with Gasteiger partial charge in [0.1, 0.15) is 5.60 Å². The molecular formula is C14H20INO3. The molecule has 0 saturated heterocycles. The minimum atomic E-state index is -0.773. The maximum atomic E-state index is 11.1. The van der Waals surface area contributed by atoms with Gasteiger partial charge in [0, 0.05) is 16.1 Å². The molecule has 3 N–H and O–H groups in total. The van der Waals surface area contributed by atoms with Crippen LogP contribution in [0.3, 0.4) is 0 Å². The van der Waals surface area contributed by atoms with Crippen LogP contribution in [0.15, 0.2) is 24.3 Å². The highest BCUT2D eigenvalue weighted by Gasteiger charge is 2.34. The number of aliphatic hydroxyl groups is 1. The minimum Gasteiger partial charge on any atom is -0.443 e. The lowest BCUT2D eigenvalue weighted by Crippen LogP contribution is -2.37. The number of halogens is 1. The van der Waals surface area contributed by atoms with Gasteiger partial charge in [-0.15, -0.1) is 0 Å². The van der Waals surface area contributed by atoms with E-state index in [1.54, 1.807) is 0 Å². The SMILES string of the molecule is CC(C)(OC(N)=O)[C@@H](CCCO)c1ccccc1I. The zero-order valence-electron chi connectivity index (χ0n) is 11.2. The molecule has 1 atom stereocenters. The summed E-state index contributed by atoms with van der Waals surface area (Å²) in [5.41, 5.74) is 5.56. The van der Waals surface area contributed by atoms with E-state index < -0.39 is 11.7 Å². The summed E-state index contributed by atoms with van der Waals surface area (Å²) in [6, 6.07) is 7.97. The topological polar surface area (TPSA) is 72.5 Å². The summed E-state index contributed by atoms with van der Waals surface area (Å²) in [5.74, 6) is 0.000231. The van der Waals surface area contributed by atoms with E-state index >= 15 is 0 Å². The fourth-order valence-electron chi connectivity index (χ4n) is 2.26. The van der Waals surface area contributed by atoms with Crippen molar-refractivity contribution in [1.29, 1.82) is 0 Å². The van der Waals surface area contributed by atoms with Crippen LogP contribution in [0.5, 0.6) is 0 Å². The van der Waals surface area contributed by atoms with Crippen molar-refractivity contribution in [2.75, 3.05) is 6.61 Å². The van der Waals surface area contributed by atoms with Gasteiger partial charge in [0.15, 0.2) is 0 Å². The first kappa shape index (κ1) is 16.2. The second-order valence-corrected chi connectivity index (χ2v) is 6.13. The van der Waals surface area contributed by atoms with Crippen molar-refractivity contribution < 1.29 is 14.6 Å². The summed E-state index contributed by atoms with van der Waals surface area (Å²) in [4.78, 5) is 11.1. The molecule has 0 unspecified atom stereocenters. The van der Waals surface area contributed by atoms with Gasteiger partial charge < -0.3 is 15.6 Å². The zero-order valence-corrected chi connectivity index (χ0v) is 13.4. The predicted octanol–water partition coefficient (Wildman–Crippen LogP) is 3.02. The Balaban J connectivity index is 3.07. The summed E-state index contributed by atoms with van der Waals surface area (Å²) >= 11 is 2.27. The number of primary amides is 1. The maximum absolute atomic E-state index is 11.1. The van der Waals surface area contributed by atoms with Gasteiger partial charge in [0.2, 0.25) is 0 Å². The lowest BCUT2D eigenvalue weighted by Gasteiger charge is -2.34. The quantitative estimate of drug-likeness (QED) is 0.749. The number of nitrogens with two attached hydrogens (primary N) is 1. The molecule has 1 aromatic carbocycles. The van der Waals surface area contributed by atoms with Gasteiger partial charge in [-0.25, -0.2) is 4.79 Å². The standard InChI is InChI=1S/C14H20INO3/c1-14(2,19-13(16)18)11(7-5-9-17)10-6-3-4-8-12(10)15/h3-4,6,8,11,17H,5,7,9H2,1-2H3,(H2,16,18)/t11-/m0/s1. The molecule has 0 heterocycles. The Bertz CT molecular complexity index is 434. The molecule has 0 saturated carbocycles. The molecule has 5 heteroatoms. The predicted molar refractivity (Wildman–Crippen MR) is 83.0 cm³/mol. The highest BCUT2D eigenvalue weighted by Crippen LogP contribution is 2.37. The minimum absolute atomic E-state index is 0.000231. The van der Waals surface area contributed by atoms with Crippen LogP contribution in [0, 0.1) is 3.57 Å².